The average molecular weight is 382 g/mol. The molecule has 1 saturated heterocycles. The van der Waals surface area contributed by atoms with Gasteiger partial charge in [-0.2, -0.15) is 0 Å². The molecule has 1 aromatic carbocycles. The van der Waals surface area contributed by atoms with Gasteiger partial charge in [-0.3, -0.25) is 9.59 Å². The number of benzene rings is 1. The van der Waals surface area contributed by atoms with Crippen molar-refractivity contribution in [1.29, 1.82) is 0 Å². The molecule has 0 atom stereocenters. The molecule has 8 nitrogen and oxygen atoms in total. The number of hydrogen-bond donors (Lipinski definition) is 3. The molecule has 3 amide bonds. The lowest BCUT2D eigenvalue weighted by molar-refractivity contribution is -0.123. The van der Waals surface area contributed by atoms with Crippen LogP contribution in [0, 0.1) is 5.92 Å². The van der Waals surface area contributed by atoms with Gasteiger partial charge in [0.2, 0.25) is 11.7 Å². The predicted octanol–water partition coefficient (Wildman–Crippen LogP) is 1.84. The lowest BCUT2D eigenvalue weighted by atomic mass is 9.99. The number of nitrogens with zero attached hydrogens (tertiary/aromatic N) is 1. The van der Waals surface area contributed by atoms with Crippen molar-refractivity contribution < 1.29 is 23.9 Å². The van der Waals surface area contributed by atoms with Gasteiger partial charge >= 0.3 is 6.09 Å². The number of carbonyl (C=O) groups excluding carboxylic acids is 2. The van der Waals surface area contributed by atoms with E-state index in [1.165, 1.54) is 0 Å². The number of carbonyl (C=O) groups is 3. The van der Waals surface area contributed by atoms with Crippen molar-refractivity contribution in [3.63, 3.8) is 0 Å². The Balaban J connectivity index is 1.88. The summed E-state index contributed by atoms with van der Waals surface area (Å²) in [6.07, 6.45) is -1.07. The summed E-state index contributed by atoms with van der Waals surface area (Å²) in [5.41, 5.74) is 5.91. The first-order chi connectivity index (χ1) is 10.9. The average Bonchev–Trinajstić information content (AvgIpc) is 2.75. The fourth-order valence-electron chi connectivity index (χ4n) is 2.39. The molecular weight excluding hydrogens is 370 g/mol. The van der Waals surface area contributed by atoms with Crippen molar-refractivity contribution in [2.75, 3.05) is 18.4 Å². The number of furan rings is 1. The molecule has 4 N–H and O–H groups in total. The van der Waals surface area contributed by atoms with Gasteiger partial charge in [0.05, 0.1) is 5.92 Å². The van der Waals surface area contributed by atoms with Gasteiger partial charge in [-0.05, 0) is 18.2 Å². The number of rotatable bonds is 3. The number of likely N-dealkylation sites (tertiary alicyclic amines) is 1. The van der Waals surface area contributed by atoms with Crippen molar-refractivity contribution in [2.24, 2.45) is 11.7 Å². The zero-order valence-corrected chi connectivity index (χ0v) is 13.3. The van der Waals surface area contributed by atoms with Crippen molar-refractivity contribution in [3.8, 4) is 0 Å². The highest BCUT2D eigenvalue weighted by molar-refractivity contribution is 9.10. The van der Waals surface area contributed by atoms with Crippen LogP contribution in [0.5, 0.6) is 0 Å². The van der Waals surface area contributed by atoms with Crippen molar-refractivity contribution in [3.05, 3.63) is 28.4 Å². The van der Waals surface area contributed by atoms with Crippen LogP contribution < -0.4 is 11.1 Å². The summed E-state index contributed by atoms with van der Waals surface area (Å²) >= 11 is 3.31. The van der Waals surface area contributed by atoms with E-state index < -0.39 is 17.9 Å². The summed E-state index contributed by atoms with van der Waals surface area (Å²) in [5, 5.41) is 12.0. The molecule has 0 aliphatic carbocycles. The Bertz CT molecular complexity index is 825. The summed E-state index contributed by atoms with van der Waals surface area (Å²) in [6.45, 7) is 0.235. The smallest absolute Gasteiger partial charge is 0.407 e. The van der Waals surface area contributed by atoms with Gasteiger partial charge in [-0.25, -0.2) is 4.79 Å². The lowest BCUT2D eigenvalue weighted by Crippen LogP contribution is -2.54. The van der Waals surface area contributed by atoms with Gasteiger partial charge in [0.25, 0.3) is 5.91 Å². The maximum Gasteiger partial charge on any atom is 0.407 e. The normalized spacial score (nSPS) is 14.6. The number of nitrogens with two attached hydrogens (primary N) is 1. The minimum atomic E-state index is -1.07. The maximum atomic E-state index is 12.2. The topological polar surface area (TPSA) is 126 Å². The van der Waals surface area contributed by atoms with E-state index in [2.05, 4.69) is 21.2 Å². The molecule has 9 heteroatoms. The van der Waals surface area contributed by atoms with E-state index in [4.69, 9.17) is 15.3 Å². The number of fused-ring (bicyclic) bond motifs is 1. The van der Waals surface area contributed by atoms with Crippen LogP contribution in [0.3, 0.4) is 0 Å². The third-order valence-corrected chi connectivity index (χ3v) is 4.14. The Morgan fingerprint density at radius 3 is 2.65 bits per heavy atom. The maximum absolute atomic E-state index is 12.2. The summed E-state index contributed by atoms with van der Waals surface area (Å²) in [7, 11) is 0. The molecule has 0 spiro atoms. The van der Waals surface area contributed by atoms with Gasteiger partial charge in [0.15, 0.2) is 0 Å². The standard InChI is InChI=1S/C14H12BrN3O5/c15-7-1-2-9-8(3-7)10(11(23-9)12(16)19)17-13(20)6-4-18(5-6)14(21)22/h1-3,6H,4-5H2,(H2,16,19)(H,17,20)(H,21,22). The van der Waals surface area contributed by atoms with Crippen LogP contribution in [-0.2, 0) is 4.79 Å². The molecule has 2 aromatic rings. The number of carboxylic acid groups (broad SMARTS) is 1. The Morgan fingerprint density at radius 2 is 2.04 bits per heavy atom. The van der Waals surface area contributed by atoms with Gasteiger partial charge in [0, 0.05) is 22.9 Å². The summed E-state index contributed by atoms with van der Waals surface area (Å²) < 4.78 is 6.14. The van der Waals surface area contributed by atoms with Crippen LogP contribution >= 0.6 is 15.9 Å². The molecule has 0 radical (unpaired) electrons. The first-order valence-electron chi connectivity index (χ1n) is 6.67. The number of hydrogen-bond acceptors (Lipinski definition) is 4. The Kier molecular flexibility index (Phi) is 3.72. The monoisotopic (exact) mass is 381 g/mol. The van der Waals surface area contributed by atoms with E-state index in [9.17, 15) is 14.4 Å². The number of nitrogens with one attached hydrogen (secondary N) is 1. The van der Waals surface area contributed by atoms with Crippen LogP contribution in [0.15, 0.2) is 27.1 Å². The molecule has 23 heavy (non-hydrogen) atoms. The largest absolute Gasteiger partial charge is 0.465 e. The molecule has 0 bridgehead atoms. The van der Waals surface area contributed by atoms with Gasteiger partial charge in [-0.1, -0.05) is 15.9 Å². The number of primary amides is 1. The summed E-state index contributed by atoms with van der Waals surface area (Å²) in [4.78, 5) is 35.6. The second kappa shape index (κ2) is 5.58. The summed E-state index contributed by atoms with van der Waals surface area (Å²) in [6, 6.07) is 5.08. The number of halogens is 1. The molecule has 120 valence electrons. The van der Waals surface area contributed by atoms with E-state index >= 15 is 0 Å². The van der Waals surface area contributed by atoms with E-state index in [0.29, 0.717) is 11.0 Å². The predicted molar refractivity (Wildman–Crippen MR) is 84.1 cm³/mol. The fourth-order valence-corrected chi connectivity index (χ4v) is 2.75. The first-order valence-corrected chi connectivity index (χ1v) is 7.46. The first kappa shape index (κ1) is 15.3. The fraction of sp³-hybridized carbons (Fsp3) is 0.214. The quantitative estimate of drug-likeness (QED) is 0.747. The molecule has 1 fully saturated rings. The van der Waals surface area contributed by atoms with Gasteiger partial charge in [-0.15, -0.1) is 0 Å². The molecule has 3 rings (SSSR count). The Hall–Kier alpha value is -2.55. The molecule has 1 aromatic heterocycles. The molecule has 2 heterocycles. The van der Waals surface area contributed by atoms with E-state index in [0.717, 1.165) is 9.37 Å². The van der Waals surface area contributed by atoms with Crippen molar-refractivity contribution in [2.45, 2.75) is 0 Å². The third kappa shape index (κ3) is 2.74. The number of amides is 3. The van der Waals surface area contributed by atoms with E-state index in [-0.39, 0.29) is 30.4 Å². The highest BCUT2D eigenvalue weighted by atomic mass is 79.9. The van der Waals surface area contributed by atoms with E-state index in [1.807, 2.05) is 0 Å². The van der Waals surface area contributed by atoms with Crippen LogP contribution in [0.2, 0.25) is 0 Å². The van der Waals surface area contributed by atoms with Gasteiger partial charge in [0.1, 0.15) is 11.3 Å². The van der Waals surface area contributed by atoms with E-state index in [1.54, 1.807) is 18.2 Å². The third-order valence-electron chi connectivity index (χ3n) is 3.64. The van der Waals surface area contributed by atoms with Crippen molar-refractivity contribution in [1.82, 2.24) is 4.90 Å². The zero-order valence-electron chi connectivity index (χ0n) is 11.7. The minimum absolute atomic E-state index is 0.118. The minimum Gasteiger partial charge on any atom is -0.465 e. The van der Waals surface area contributed by atoms with Crippen molar-refractivity contribution >= 4 is 50.5 Å². The molecular formula is C14H12BrN3O5. The van der Waals surface area contributed by atoms with Crippen LogP contribution in [0.1, 0.15) is 10.6 Å². The second-order valence-electron chi connectivity index (χ2n) is 5.18. The second-order valence-corrected chi connectivity index (χ2v) is 6.10. The highest BCUT2D eigenvalue weighted by Gasteiger charge is 2.36. The molecule has 1 aliphatic rings. The number of anilines is 1. The Labute approximate surface area is 138 Å². The van der Waals surface area contributed by atoms with Crippen LogP contribution in [-0.4, -0.2) is 41.0 Å². The molecule has 0 saturated carbocycles. The zero-order chi connectivity index (χ0) is 16.7. The lowest BCUT2D eigenvalue weighted by Gasteiger charge is -2.35. The highest BCUT2D eigenvalue weighted by Crippen LogP contribution is 2.33. The SMILES string of the molecule is NC(=O)c1oc2ccc(Br)cc2c1NC(=O)C1CN(C(=O)O)C1. The molecule has 0 unspecified atom stereocenters. The summed E-state index contributed by atoms with van der Waals surface area (Å²) in [5.74, 6) is -1.79. The van der Waals surface area contributed by atoms with Gasteiger partial charge < -0.3 is 25.5 Å². The van der Waals surface area contributed by atoms with Crippen LogP contribution in [0.25, 0.3) is 11.0 Å². The molecule has 1 aliphatic heterocycles. The van der Waals surface area contributed by atoms with Crippen LogP contribution in [0.4, 0.5) is 10.5 Å². The Morgan fingerprint density at radius 1 is 1.35 bits per heavy atom.